The molecule has 0 N–H and O–H groups in total. The van der Waals surface area contributed by atoms with Crippen LogP contribution in [0, 0.1) is 0 Å². The standard InChI is InChI=1S/C14H36NO2PSi2/c1-9-20(10-2,11-3)13-12-18(16,14-15(4)5)17-19(6,7)8/h9-14H2,1-8H3. The maximum atomic E-state index is 13.2. The van der Waals surface area contributed by atoms with E-state index in [4.69, 9.17) is 4.21 Å². The fraction of sp³-hybridized carbons (Fsp3) is 1.00. The first-order valence-electron chi connectivity index (χ1n) is 7.95. The van der Waals surface area contributed by atoms with Crippen molar-refractivity contribution in [2.45, 2.75) is 64.6 Å². The lowest BCUT2D eigenvalue weighted by Gasteiger charge is -2.33. The molecule has 1 atom stereocenters. The van der Waals surface area contributed by atoms with Crippen LogP contribution >= 0.6 is 7.37 Å². The molecule has 0 aromatic heterocycles. The Morgan fingerprint density at radius 3 is 1.75 bits per heavy atom. The number of hydrogen-bond donors (Lipinski definition) is 0. The van der Waals surface area contributed by atoms with Gasteiger partial charge in [0.05, 0.1) is 14.4 Å². The molecule has 0 fully saturated rings. The molecule has 3 nitrogen and oxygen atoms in total. The summed E-state index contributed by atoms with van der Waals surface area (Å²) in [6, 6.07) is 5.06. The minimum atomic E-state index is -2.51. The van der Waals surface area contributed by atoms with Crippen molar-refractivity contribution in [3.05, 3.63) is 0 Å². The van der Waals surface area contributed by atoms with Crippen LogP contribution in [0.1, 0.15) is 20.8 Å². The summed E-state index contributed by atoms with van der Waals surface area (Å²) in [4.78, 5) is 2.02. The second-order valence-electron chi connectivity index (χ2n) is 7.27. The Labute approximate surface area is 129 Å². The molecule has 0 aromatic carbocycles. The summed E-state index contributed by atoms with van der Waals surface area (Å²) in [5, 5.41) is 0. The molecule has 6 heteroatoms. The van der Waals surface area contributed by atoms with Crippen LogP contribution in [0.4, 0.5) is 0 Å². The molecule has 0 rings (SSSR count). The van der Waals surface area contributed by atoms with Gasteiger partial charge in [0, 0.05) is 6.16 Å². The van der Waals surface area contributed by atoms with Gasteiger partial charge in [0.2, 0.25) is 7.37 Å². The van der Waals surface area contributed by atoms with E-state index in [1.54, 1.807) is 0 Å². The zero-order valence-electron chi connectivity index (χ0n) is 15.0. The van der Waals surface area contributed by atoms with Crippen molar-refractivity contribution < 1.29 is 8.78 Å². The molecule has 0 amide bonds. The summed E-state index contributed by atoms with van der Waals surface area (Å²) < 4.78 is 19.4. The van der Waals surface area contributed by atoms with E-state index in [9.17, 15) is 4.57 Å². The Hall–Kier alpha value is 0.584. The van der Waals surface area contributed by atoms with Crippen LogP contribution in [0.2, 0.25) is 43.8 Å². The molecular formula is C14H36NO2PSi2. The fourth-order valence-corrected chi connectivity index (χ4v) is 14.2. The van der Waals surface area contributed by atoms with Gasteiger partial charge in [0.1, 0.15) is 0 Å². The minimum absolute atomic E-state index is 0.596. The quantitative estimate of drug-likeness (QED) is 0.408. The Morgan fingerprint density at radius 2 is 1.45 bits per heavy atom. The van der Waals surface area contributed by atoms with E-state index in [-0.39, 0.29) is 0 Å². The maximum absolute atomic E-state index is 13.2. The normalized spacial score (nSPS) is 16.4. The lowest BCUT2D eigenvalue weighted by atomic mass is 10.9. The summed E-state index contributed by atoms with van der Waals surface area (Å²) in [5.74, 6) is 0. The van der Waals surface area contributed by atoms with Gasteiger partial charge < -0.3 is 9.11 Å². The van der Waals surface area contributed by atoms with Crippen molar-refractivity contribution in [2.75, 3.05) is 26.5 Å². The third-order valence-corrected chi connectivity index (χ3v) is 15.8. The van der Waals surface area contributed by atoms with Crippen LogP contribution < -0.4 is 0 Å². The van der Waals surface area contributed by atoms with Crippen LogP contribution in [-0.4, -0.2) is 47.8 Å². The largest absolute Gasteiger partial charge is 0.369 e. The van der Waals surface area contributed by atoms with Crippen LogP contribution in [0.5, 0.6) is 0 Å². The van der Waals surface area contributed by atoms with Gasteiger partial charge in [-0.05, 0) is 39.8 Å². The van der Waals surface area contributed by atoms with Crippen molar-refractivity contribution in [2.24, 2.45) is 0 Å². The van der Waals surface area contributed by atoms with Gasteiger partial charge in [-0.25, -0.2) is 0 Å². The van der Waals surface area contributed by atoms with Crippen molar-refractivity contribution in [1.82, 2.24) is 4.90 Å². The number of nitrogens with zero attached hydrogens (tertiary/aromatic N) is 1. The first-order chi connectivity index (χ1) is 9.01. The second kappa shape index (κ2) is 8.28. The summed E-state index contributed by atoms with van der Waals surface area (Å²) in [5.41, 5.74) is 0. The summed E-state index contributed by atoms with van der Waals surface area (Å²) in [6.07, 6.45) is 1.39. The number of rotatable bonds is 10. The van der Waals surface area contributed by atoms with Crippen LogP contribution in [0.15, 0.2) is 0 Å². The fourth-order valence-electron chi connectivity index (χ4n) is 2.76. The molecule has 0 radical (unpaired) electrons. The zero-order valence-corrected chi connectivity index (χ0v) is 17.8. The van der Waals surface area contributed by atoms with Gasteiger partial charge >= 0.3 is 0 Å². The molecule has 1 unspecified atom stereocenters. The molecule has 0 bridgehead atoms. The molecule has 122 valence electrons. The predicted octanol–water partition coefficient (Wildman–Crippen LogP) is 5.14. The van der Waals surface area contributed by atoms with Crippen molar-refractivity contribution >= 4 is 23.8 Å². The third-order valence-electron chi connectivity index (χ3n) is 4.17. The summed E-state index contributed by atoms with van der Waals surface area (Å²) >= 11 is 0. The average Bonchev–Trinajstić information content (AvgIpc) is 2.28. The van der Waals surface area contributed by atoms with Gasteiger partial charge in [0.25, 0.3) is 0 Å². The molecule has 0 aromatic rings. The Balaban J connectivity index is 4.95. The molecule has 20 heavy (non-hydrogen) atoms. The Kier molecular flexibility index (Phi) is 8.52. The smallest absolute Gasteiger partial charge is 0.207 e. The predicted molar refractivity (Wildman–Crippen MR) is 97.5 cm³/mol. The molecule has 0 saturated heterocycles. The molecule has 0 aliphatic carbocycles. The lowest BCUT2D eigenvalue weighted by molar-refractivity contribution is 0.417. The van der Waals surface area contributed by atoms with Gasteiger partial charge in [-0.2, -0.15) is 0 Å². The Morgan fingerprint density at radius 1 is 1.00 bits per heavy atom. The van der Waals surface area contributed by atoms with Crippen molar-refractivity contribution in [1.29, 1.82) is 0 Å². The minimum Gasteiger partial charge on any atom is -0.369 e. The van der Waals surface area contributed by atoms with Gasteiger partial charge in [0.15, 0.2) is 8.32 Å². The molecule has 0 heterocycles. The highest BCUT2D eigenvalue weighted by molar-refractivity contribution is 7.60. The van der Waals surface area contributed by atoms with Crippen molar-refractivity contribution in [3.8, 4) is 0 Å². The highest BCUT2D eigenvalue weighted by Gasteiger charge is 2.35. The van der Waals surface area contributed by atoms with Crippen LogP contribution in [-0.2, 0) is 8.78 Å². The SMILES string of the molecule is CC[Si](CC)(CC)CCP(=O)(CN(C)C)O[Si](C)(C)C. The van der Waals surface area contributed by atoms with Crippen LogP contribution in [0.3, 0.4) is 0 Å². The summed E-state index contributed by atoms with van der Waals surface area (Å²) in [6.45, 7) is 13.4. The second-order valence-corrected chi connectivity index (χ2v) is 20.2. The van der Waals surface area contributed by atoms with E-state index >= 15 is 0 Å². The summed E-state index contributed by atoms with van der Waals surface area (Å²) in [7, 11) is -1.50. The molecule has 0 spiro atoms. The highest BCUT2D eigenvalue weighted by Crippen LogP contribution is 2.51. The van der Waals surface area contributed by atoms with E-state index in [1.165, 1.54) is 18.1 Å². The zero-order chi connectivity index (χ0) is 16.0. The molecule has 0 saturated carbocycles. The Bertz CT molecular complexity index is 317. The molecule has 0 aliphatic heterocycles. The average molecular weight is 338 g/mol. The maximum Gasteiger partial charge on any atom is 0.207 e. The van der Waals surface area contributed by atoms with Gasteiger partial charge in [-0.15, -0.1) is 0 Å². The van der Waals surface area contributed by atoms with E-state index in [1.807, 2.05) is 19.0 Å². The van der Waals surface area contributed by atoms with E-state index in [0.717, 1.165) is 12.2 Å². The van der Waals surface area contributed by atoms with E-state index in [0.29, 0.717) is 6.29 Å². The molecular weight excluding hydrogens is 301 g/mol. The van der Waals surface area contributed by atoms with Gasteiger partial charge in [-0.3, -0.25) is 4.57 Å². The molecule has 0 aliphatic rings. The first kappa shape index (κ1) is 20.6. The highest BCUT2D eigenvalue weighted by atomic mass is 31.2. The lowest BCUT2D eigenvalue weighted by Crippen LogP contribution is -2.34. The van der Waals surface area contributed by atoms with Crippen LogP contribution in [0.25, 0.3) is 0 Å². The third kappa shape index (κ3) is 7.55. The monoisotopic (exact) mass is 337 g/mol. The van der Waals surface area contributed by atoms with Gasteiger partial charge in [-0.1, -0.05) is 38.9 Å². The topological polar surface area (TPSA) is 29.5 Å². The first-order valence-corrected chi connectivity index (χ1v) is 16.2. The van der Waals surface area contributed by atoms with E-state index in [2.05, 4.69) is 40.4 Å². The van der Waals surface area contributed by atoms with E-state index < -0.39 is 23.8 Å². The number of hydrogen-bond acceptors (Lipinski definition) is 3. The van der Waals surface area contributed by atoms with Crippen molar-refractivity contribution in [3.63, 3.8) is 0 Å².